The van der Waals surface area contributed by atoms with Gasteiger partial charge in [-0.2, -0.15) is 0 Å². The minimum atomic E-state index is -0.837. The van der Waals surface area contributed by atoms with Crippen molar-refractivity contribution in [2.45, 2.75) is 70.9 Å². The van der Waals surface area contributed by atoms with Crippen molar-refractivity contribution in [2.75, 3.05) is 24.6 Å². The molecule has 1 saturated heterocycles. The maximum absolute atomic E-state index is 14.3. The zero-order valence-corrected chi connectivity index (χ0v) is 19.4. The largest absolute Gasteiger partial charge is 0.450 e. The number of likely N-dealkylation sites (tertiary alicyclic amines) is 1. The Morgan fingerprint density at radius 1 is 1.21 bits per heavy atom. The molecule has 0 bridgehead atoms. The number of aromatic nitrogens is 2. The fraction of sp³-hybridized carbons (Fsp3) is 0.560. The average molecular weight is 455 g/mol. The number of carbonyl (C=O) groups is 2. The second-order valence-electron chi connectivity index (χ2n) is 9.32. The van der Waals surface area contributed by atoms with Crippen molar-refractivity contribution < 1.29 is 18.7 Å². The molecule has 7 nitrogen and oxygen atoms in total. The lowest BCUT2D eigenvalue weighted by Crippen LogP contribution is -2.65. The van der Waals surface area contributed by atoms with E-state index in [4.69, 9.17) is 9.72 Å². The fourth-order valence-electron chi connectivity index (χ4n) is 5.53. The van der Waals surface area contributed by atoms with Gasteiger partial charge in [0.15, 0.2) is 0 Å². The zero-order chi connectivity index (χ0) is 23.2. The molecule has 1 aromatic carbocycles. The number of benzene rings is 1. The van der Waals surface area contributed by atoms with Gasteiger partial charge < -0.3 is 19.1 Å². The Kier molecular flexibility index (Phi) is 5.62. The molecule has 0 radical (unpaired) electrons. The number of rotatable bonds is 6. The maximum atomic E-state index is 14.3. The van der Waals surface area contributed by atoms with Crippen molar-refractivity contribution in [3.8, 4) is 0 Å². The van der Waals surface area contributed by atoms with E-state index in [0.717, 1.165) is 62.2 Å². The van der Waals surface area contributed by atoms with E-state index in [1.165, 1.54) is 17.8 Å². The summed E-state index contributed by atoms with van der Waals surface area (Å²) in [4.78, 5) is 34.1. The van der Waals surface area contributed by atoms with Crippen molar-refractivity contribution in [3.05, 3.63) is 46.8 Å². The molecule has 5 rings (SSSR count). The number of aryl methyl sites for hydroxylation is 1. The molecule has 8 heteroatoms. The summed E-state index contributed by atoms with van der Waals surface area (Å²) >= 11 is 0. The minimum absolute atomic E-state index is 0.0911. The van der Waals surface area contributed by atoms with Crippen molar-refractivity contribution in [1.82, 2.24) is 14.5 Å². The number of imidazole rings is 1. The Bertz CT molecular complexity index is 1090. The van der Waals surface area contributed by atoms with Gasteiger partial charge in [0.1, 0.15) is 17.1 Å². The molecule has 1 spiro atoms. The summed E-state index contributed by atoms with van der Waals surface area (Å²) < 4.78 is 21.7. The van der Waals surface area contributed by atoms with E-state index in [0.29, 0.717) is 12.2 Å². The molecule has 2 aliphatic heterocycles. The third kappa shape index (κ3) is 3.50. The van der Waals surface area contributed by atoms with Crippen LogP contribution in [0, 0.1) is 5.82 Å². The molecule has 33 heavy (non-hydrogen) atoms. The Hall–Kier alpha value is -2.90. The molecule has 0 N–H and O–H groups in total. The first-order chi connectivity index (χ1) is 16.0. The van der Waals surface area contributed by atoms with Crippen LogP contribution in [0.3, 0.4) is 0 Å². The van der Waals surface area contributed by atoms with Crippen molar-refractivity contribution in [3.63, 3.8) is 0 Å². The first-order valence-corrected chi connectivity index (χ1v) is 12.1. The van der Waals surface area contributed by atoms with Crippen molar-refractivity contribution >= 4 is 17.7 Å². The molecule has 2 aromatic rings. The van der Waals surface area contributed by atoms with Gasteiger partial charge in [0, 0.05) is 25.3 Å². The van der Waals surface area contributed by atoms with Crippen LogP contribution in [-0.2, 0) is 40.9 Å². The third-order valence-electron chi connectivity index (χ3n) is 7.21. The van der Waals surface area contributed by atoms with E-state index in [1.54, 1.807) is 22.8 Å². The van der Waals surface area contributed by atoms with E-state index in [-0.39, 0.29) is 31.4 Å². The van der Waals surface area contributed by atoms with Gasteiger partial charge >= 0.3 is 6.09 Å². The van der Waals surface area contributed by atoms with E-state index < -0.39 is 11.5 Å². The highest BCUT2D eigenvalue weighted by molar-refractivity contribution is 6.09. The first-order valence-electron chi connectivity index (χ1n) is 12.1. The normalized spacial score (nSPS) is 18.3. The van der Waals surface area contributed by atoms with Crippen LogP contribution in [0.2, 0.25) is 0 Å². The predicted molar refractivity (Wildman–Crippen MR) is 122 cm³/mol. The molecule has 3 aliphatic rings. The Labute approximate surface area is 193 Å². The number of nitrogens with zero attached hydrogens (tertiary/aromatic N) is 4. The average Bonchev–Trinajstić information content (AvgIpc) is 3.24. The first kappa shape index (κ1) is 21.9. The predicted octanol–water partition coefficient (Wildman–Crippen LogP) is 3.96. The fourth-order valence-corrected chi connectivity index (χ4v) is 5.53. The van der Waals surface area contributed by atoms with Crippen LogP contribution in [0.5, 0.6) is 0 Å². The Morgan fingerprint density at radius 3 is 2.76 bits per heavy atom. The standard InChI is InChI=1S/C25H31FN4O3/c1-3-5-12-29-20-9-7-6-8-19(20)27-22(29)14-30-21-13-17(26)10-11-18(21)25(23(30)31)15-28(16-25)24(32)33-4-2/h10-11,13H,3-9,12,14-16H2,1-2H3. The molecule has 1 aromatic heterocycles. The molecule has 1 aliphatic carbocycles. The lowest BCUT2D eigenvalue weighted by Gasteiger charge is -2.45. The summed E-state index contributed by atoms with van der Waals surface area (Å²) in [5, 5.41) is 0. The lowest BCUT2D eigenvalue weighted by atomic mass is 9.75. The molecule has 176 valence electrons. The van der Waals surface area contributed by atoms with E-state index >= 15 is 0 Å². The highest BCUT2D eigenvalue weighted by Gasteiger charge is 2.59. The van der Waals surface area contributed by atoms with Gasteiger partial charge in [-0.25, -0.2) is 14.2 Å². The second kappa shape index (κ2) is 8.47. The van der Waals surface area contributed by atoms with Gasteiger partial charge in [0.25, 0.3) is 0 Å². The van der Waals surface area contributed by atoms with Gasteiger partial charge in [0.05, 0.1) is 24.5 Å². The van der Waals surface area contributed by atoms with E-state index in [9.17, 15) is 14.0 Å². The summed E-state index contributed by atoms with van der Waals surface area (Å²) in [6, 6.07) is 4.53. The quantitative estimate of drug-likeness (QED) is 0.663. The Balaban J connectivity index is 1.48. The van der Waals surface area contributed by atoms with Crippen molar-refractivity contribution in [1.29, 1.82) is 0 Å². The number of halogens is 1. The van der Waals surface area contributed by atoms with Gasteiger partial charge in [-0.15, -0.1) is 0 Å². The monoisotopic (exact) mass is 454 g/mol. The molecular weight excluding hydrogens is 423 g/mol. The van der Waals surface area contributed by atoms with Crippen LogP contribution in [0.15, 0.2) is 18.2 Å². The minimum Gasteiger partial charge on any atom is -0.450 e. The number of anilines is 1. The van der Waals surface area contributed by atoms with Crippen LogP contribution in [0.4, 0.5) is 14.9 Å². The molecule has 2 amide bonds. The van der Waals surface area contributed by atoms with E-state index in [1.807, 2.05) is 0 Å². The lowest BCUT2D eigenvalue weighted by molar-refractivity contribution is -0.128. The molecule has 1 fully saturated rings. The highest BCUT2D eigenvalue weighted by Crippen LogP contribution is 2.48. The summed E-state index contributed by atoms with van der Waals surface area (Å²) in [6.07, 6.45) is 6.00. The van der Waals surface area contributed by atoms with E-state index in [2.05, 4.69) is 11.5 Å². The van der Waals surface area contributed by atoms with Crippen LogP contribution in [0.25, 0.3) is 0 Å². The number of hydrogen-bond acceptors (Lipinski definition) is 4. The van der Waals surface area contributed by atoms with Crippen LogP contribution >= 0.6 is 0 Å². The molecular formula is C25H31FN4O3. The number of hydrogen-bond donors (Lipinski definition) is 0. The second-order valence-corrected chi connectivity index (χ2v) is 9.32. The van der Waals surface area contributed by atoms with Crippen LogP contribution in [-0.4, -0.2) is 46.1 Å². The molecule has 0 saturated carbocycles. The smallest absolute Gasteiger partial charge is 0.409 e. The van der Waals surface area contributed by atoms with Gasteiger partial charge in [-0.05, 0) is 56.7 Å². The summed E-state index contributed by atoms with van der Waals surface area (Å²) in [7, 11) is 0. The maximum Gasteiger partial charge on any atom is 0.409 e. The highest BCUT2D eigenvalue weighted by atomic mass is 19.1. The van der Waals surface area contributed by atoms with Crippen LogP contribution < -0.4 is 4.90 Å². The van der Waals surface area contributed by atoms with Crippen LogP contribution in [0.1, 0.15) is 62.3 Å². The number of carbonyl (C=O) groups excluding carboxylic acids is 2. The number of fused-ring (bicyclic) bond motifs is 3. The Morgan fingerprint density at radius 2 is 2.00 bits per heavy atom. The zero-order valence-electron chi connectivity index (χ0n) is 19.4. The van der Waals surface area contributed by atoms with Crippen molar-refractivity contribution in [2.24, 2.45) is 0 Å². The molecule has 3 heterocycles. The summed E-state index contributed by atoms with van der Waals surface area (Å²) in [5.41, 5.74) is 2.97. The molecule has 0 unspecified atom stereocenters. The third-order valence-corrected chi connectivity index (χ3v) is 7.21. The SMILES string of the molecule is CCCCn1c(CN2C(=O)C3(CN(C(=O)OCC)C3)c3ccc(F)cc32)nc2c1CCCC2. The molecule has 0 atom stereocenters. The number of unbranched alkanes of at least 4 members (excludes halogenated alkanes) is 1. The number of amides is 2. The summed E-state index contributed by atoms with van der Waals surface area (Å²) in [6.45, 7) is 5.91. The number of ether oxygens (including phenoxy) is 1. The van der Waals surface area contributed by atoms with Gasteiger partial charge in [0.2, 0.25) is 5.91 Å². The van der Waals surface area contributed by atoms with Gasteiger partial charge in [-0.1, -0.05) is 19.4 Å². The van der Waals surface area contributed by atoms with Gasteiger partial charge in [-0.3, -0.25) is 4.79 Å². The summed E-state index contributed by atoms with van der Waals surface area (Å²) in [5.74, 6) is 0.406. The topological polar surface area (TPSA) is 67.7 Å².